The molecule has 152 valence electrons. The van der Waals surface area contributed by atoms with Crippen molar-refractivity contribution >= 4 is 44.9 Å². The number of aromatic nitrogens is 2. The van der Waals surface area contributed by atoms with Crippen molar-refractivity contribution in [3.8, 4) is 0 Å². The normalized spacial score (nSPS) is 14.6. The van der Waals surface area contributed by atoms with Crippen molar-refractivity contribution in [3.05, 3.63) is 46.3 Å². The molecule has 29 heavy (non-hydrogen) atoms. The van der Waals surface area contributed by atoms with Crippen molar-refractivity contribution in [1.29, 1.82) is 0 Å². The third kappa shape index (κ3) is 4.09. The van der Waals surface area contributed by atoms with E-state index in [0.717, 1.165) is 21.1 Å². The molecule has 3 heterocycles. The smallest absolute Gasteiger partial charge is 0.233 e. The van der Waals surface area contributed by atoms with E-state index >= 15 is 0 Å². The number of para-hydroxylation sites is 1. The number of halogens is 1. The predicted molar refractivity (Wildman–Crippen MR) is 118 cm³/mol. The zero-order valence-electron chi connectivity index (χ0n) is 16.7. The van der Waals surface area contributed by atoms with Gasteiger partial charge in [0.1, 0.15) is 21.5 Å². The number of hydrogen-bond donors (Lipinski definition) is 0. The Bertz CT molecular complexity index is 1060. The van der Waals surface area contributed by atoms with Crippen LogP contribution in [-0.4, -0.2) is 52.7 Å². The predicted octanol–water partition coefficient (Wildman–Crippen LogP) is 4.20. The van der Waals surface area contributed by atoms with Gasteiger partial charge in [-0.3, -0.25) is 4.79 Å². The van der Waals surface area contributed by atoms with Crippen molar-refractivity contribution in [2.75, 3.05) is 36.8 Å². The largest absolute Gasteiger partial charge is 0.366 e. The highest BCUT2D eigenvalue weighted by Crippen LogP contribution is 2.35. The number of fused-ring (bicyclic) bond motifs is 1. The SMILES string of the molecule is Cc1nc(SCC(=O)N2CCN(c3ccccc3F)CC2)c2c(C)c(C)sc2n1. The lowest BCUT2D eigenvalue weighted by Gasteiger charge is -2.36. The lowest BCUT2D eigenvalue weighted by atomic mass is 10.2. The molecule has 0 saturated carbocycles. The van der Waals surface area contributed by atoms with Crippen LogP contribution in [0.1, 0.15) is 16.3 Å². The van der Waals surface area contributed by atoms with Gasteiger partial charge in [0.25, 0.3) is 0 Å². The molecule has 1 saturated heterocycles. The molecule has 0 radical (unpaired) electrons. The summed E-state index contributed by atoms with van der Waals surface area (Å²) in [5, 5.41) is 1.95. The Morgan fingerprint density at radius 1 is 1.14 bits per heavy atom. The Hall–Kier alpha value is -2.19. The van der Waals surface area contributed by atoms with Gasteiger partial charge in [-0.15, -0.1) is 11.3 Å². The monoisotopic (exact) mass is 430 g/mol. The van der Waals surface area contributed by atoms with Gasteiger partial charge in [-0.1, -0.05) is 23.9 Å². The average Bonchev–Trinajstić information content (AvgIpc) is 3.00. The minimum atomic E-state index is -0.215. The van der Waals surface area contributed by atoms with Crippen molar-refractivity contribution in [2.24, 2.45) is 0 Å². The molecule has 0 bridgehead atoms. The molecular weight excluding hydrogens is 407 g/mol. The van der Waals surface area contributed by atoms with E-state index < -0.39 is 0 Å². The third-order valence-electron chi connectivity index (χ3n) is 5.27. The van der Waals surface area contributed by atoms with Gasteiger partial charge in [0.15, 0.2) is 0 Å². The number of hydrogen-bond acceptors (Lipinski definition) is 6. The summed E-state index contributed by atoms with van der Waals surface area (Å²) in [6.45, 7) is 8.53. The van der Waals surface area contributed by atoms with E-state index in [1.54, 1.807) is 23.5 Å². The molecule has 1 aromatic carbocycles. The van der Waals surface area contributed by atoms with Gasteiger partial charge in [-0.05, 0) is 38.5 Å². The highest BCUT2D eigenvalue weighted by atomic mass is 32.2. The molecule has 0 unspecified atom stereocenters. The van der Waals surface area contributed by atoms with Crippen molar-refractivity contribution in [2.45, 2.75) is 25.8 Å². The van der Waals surface area contributed by atoms with Crippen LogP contribution in [-0.2, 0) is 4.79 Å². The number of amides is 1. The summed E-state index contributed by atoms with van der Waals surface area (Å²) >= 11 is 3.16. The minimum absolute atomic E-state index is 0.0946. The van der Waals surface area contributed by atoms with E-state index in [2.05, 4.69) is 23.8 Å². The molecule has 1 fully saturated rings. The second kappa shape index (κ2) is 8.28. The van der Waals surface area contributed by atoms with Crippen LogP contribution < -0.4 is 4.90 Å². The summed E-state index contributed by atoms with van der Waals surface area (Å²) in [6, 6.07) is 6.79. The average molecular weight is 431 g/mol. The van der Waals surface area contributed by atoms with Gasteiger partial charge in [0, 0.05) is 36.4 Å². The highest BCUT2D eigenvalue weighted by Gasteiger charge is 2.23. The molecule has 1 aliphatic heterocycles. The van der Waals surface area contributed by atoms with E-state index in [-0.39, 0.29) is 11.7 Å². The molecule has 0 spiro atoms. The van der Waals surface area contributed by atoms with Gasteiger partial charge in [0.05, 0.1) is 11.4 Å². The topological polar surface area (TPSA) is 49.3 Å². The van der Waals surface area contributed by atoms with Crippen molar-refractivity contribution in [3.63, 3.8) is 0 Å². The lowest BCUT2D eigenvalue weighted by Crippen LogP contribution is -2.49. The lowest BCUT2D eigenvalue weighted by molar-refractivity contribution is -0.128. The van der Waals surface area contributed by atoms with Gasteiger partial charge in [0.2, 0.25) is 5.91 Å². The number of thiophene rings is 1. The fraction of sp³-hybridized carbons (Fsp3) is 0.381. The number of aryl methyl sites for hydroxylation is 3. The van der Waals surface area contributed by atoms with Gasteiger partial charge < -0.3 is 9.80 Å². The molecule has 0 atom stereocenters. The van der Waals surface area contributed by atoms with E-state index in [1.807, 2.05) is 22.8 Å². The molecule has 8 heteroatoms. The number of carbonyl (C=O) groups is 1. The van der Waals surface area contributed by atoms with E-state index in [0.29, 0.717) is 37.6 Å². The van der Waals surface area contributed by atoms with Crippen LogP contribution in [0.25, 0.3) is 10.2 Å². The standard InChI is InChI=1S/C21H23FN4OS2/c1-13-14(2)29-21-19(13)20(23-15(3)24-21)28-12-18(27)26-10-8-25(9-11-26)17-7-5-4-6-16(17)22/h4-7H,8-12H2,1-3H3. The van der Waals surface area contributed by atoms with E-state index in [9.17, 15) is 9.18 Å². The molecule has 0 N–H and O–H groups in total. The van der Waals surface area contributed by atoms with E-state index in [4.69, 9.17) is 0 Å². The van der Waals surface area contributed by atoms with Gasteiger partial charge in [-0.25, -0.2) is 14.4 Å². The summed E-state index contributed by atoms with van der Waals surface area (Å²) < 4.78 is 14.0. The number of benzene rings is 1. The fourth-order valence-corrected chi connectivity index (χ4v) is 5.72. The number of carbonyl (C=O) groups excluding carboxylic acids is 1. The zero-order chi connectivity index (χ0) is 20.5. The Morgan fingerprint density at radius 2 is 1.86 bits per heavy atom. The Balaban J connectivity index is 1.40. The molecule has 1 aliphatic rings. The summed E-state index contributed by atoms with van der Waals surface area (Å²) in [4.78, 5) is 28.0. The number of anilines is 1. The first kappa shape index (κ1) is 20.1. The Labute approximate surface area is 177 Å². The zero-order valence-corrected chi connectivity index (χ0v) is 18.4. The number of piperazine rings is 1. The summed E-state index contributed by atoms with van der Waals surface area (Å²) in [7, 11) is 0. The highest BCUT2D eigenvalue weighted by molar-refractivity contribution is 8.00. The fourth-order valence-electron chi connectivity index (χ4n) is 3.55. The van der Waals surface area contributed by atoms with Crippen LogP contribution >= 0.6 is 23.1 Å². The molecule has 2 aromatic heterocycles. The summed E-state index contributed by atoms with van der Waals surface area (Å²) in [6.07, 6.45) is 0. The first-order chi connectivity index (χ1) is 13.9. The maximum absolute atomic E-state index is 14.0. The van der Waals surface area contributed by atoms with Crippen molar-refractivity contribution in [1.82, 2.24) is 14.9 Å². The quantitative estimate of drug-likeness (QED) is 0.459. The first-order valence-electron chi connectivity index (χ1n) is 9.58. The van der Waals surface area contributed by atoms with Gasteiger partial charge in [-0.2, -0.15) is 0 Å². The third-order valence-corrected chi connectivity index (χ3v) is 7.33. The molecule has 4 rings (SSSR count). The minimum Gasteiger partial charge on any atom is -0.366 e. The first-order valence-corrected chi connectivity index (χ1v) is 11.4. The van der Waals surface area contributed by atoms with Crippen molar-refractivity contribution < 1.29 is 9.18 Å². The second-order valence-corrected chi connectivity index (χ2v) is 9.31. The maximum Gasteiger partial charge on any atom is 0.233 e. The Morgan fingerprint density at radius 3 is 2.59 bits per heavy atom. The van der Waals surface area contributed by atoms with Gasteiger partial charge >= 0.3 is 0 Å². The molecule has 1 amide bonds. The molecule has 3 aromatic rings. The van der Waals surface area contributed by atoms with Crippen LogP contribution in [0, 0.1) is 26.6 Å². The maximum atomic E-state index is 14.0. The van der Waals surface area contributed by atoms with E-state index in [1.165, 1.54) is 28.3 Å². The number of rotatable bonds is 4. The van der Waals surface area contributed by atoms with Crippen LogP contribution in [0.4, 0.5) is 10.1 Å². The number of thioether (sulfide) groups is 1. The van der Waals surface area contributed by atoms with Crippen LogP contribution in [0.5, 0.6) is 0 Å². The Kier molecular flexibility index (Phi) is 5.74. The second-order valence-electron chi connectivity index (χ2n) is 7.15. The van der Waals surface area contributed by atoms with Crippen LogP contribution in [0.3, 0.4) is 0 Å². The van der Waals surface area contributed by atoms with Crippen LogP contribution in [0.15, 0.2) is 29.3 Å². The molecular formula is C21H23FN4OS2. The molecule has 5 nitrogen and oxygen atoms in total. The summed E-state index contributed by atoms with van der Waals surface area (Å²) in [5.41, 5.74) is 1.80. The molecule has 0 aliphatic carbocycles. The number of nitrogens with zero attached hydrogens (tertiary/aromatic N) is 4. The van der Waals surface area contributed by atoms with Crippen LogP contribution in [0.2, 0.25) is 0 Å². The summed E-state index contributed by atoms with van der Waals surface area (Å²) in [5.74, 6) is 0.955.